The highest BCUT2D eigenvalue weighted by Gasteiger charge is 2.20. The number of hydrogen-bond acceptors (Lipinski definition) is 4. The molecule has 1 fully saturated rings. The van der Waals surface area contributed by atoms with E-state index in [4.69, 9.17) is 5.73 Å². The molecule has 3 N–H and O–H groups in total. The highest BCUT2D eigenvalue weighted by molar-refractivity contribution is 5.92. The van der Waals surface area contributed by atoms with Gasteiger partial charge in [-0.05, 0) is 18.2 Å². The molecule has 1 aliphatic rings. The molecule has 1 heterocycles. The zero-order chi connectivity index (χ0) is 15.4. The van der Waals surface area contributed by atoms with Crippen LogP contribution in [0.2, 0.25) is 0 Å². The molecule has 7 heteroatoms. The third-order valence-electron chi connectivity index (χ3n) is 3.46. The van der Waals surface area contributed by atoms with Gasteiger partial charge in [0.25, 0.3) is 0 Å². The van der Waals surface area contributed by atoms with Crippen LogP contribution in [-0.4, -0.2) is 54.3 Å². The van der Waals surface area contributed by atoms with Crippen molar-refractivity contribution >= 4 is 23.2 Å². The summed E-state index contributed by atoms with van der Waals surface area (Å²) in [4.78, 5) is 26.9. The van der Waals surface area contributed by atoms with Crippen molar-refractivity contribution in [3.8, 4) is 0 Å². The lowest BCUT2D eigenvalue weighted by molar-refractivity contribution is -0.130. The maximum atomic E-state index is 13.0. The van der Waals surface area contributed by atoms with Crippen LogP contribution in [0.4, 0.5) is 15.8 Å². The summed E-state index contributed by atoms with van der Waals surface area (Å²) in [5.74, 6) is -0.633. The molecule has 0 atom stereocenters. The number of hydrogen-bond donors (Lipinski definition) is 2. The van der Waals surface area contributed by atoms with Crippen molar-refractivity contribution < 1.29 is 14.0 Å². The summed E-state index contributed by atoms with van der Waals surface area (Å²) < 4.78 is 13.0. The number of nitrogens with zero attached hydrogens (tertiary/aromatic N) is 2. The Hall–Kier alpha value is -2.15. The van der Waals surface area contributed by atoms with E-state index >= 15 is 0 Å². The Morgan fingerprint density at radius 2 is 1.95 bits per heavy atom. The van der Waals surface area contributed by atoms with Crippen LogP contribution in [-0.2, 0) is 9.59 Å². The molecule has 2 rings (SSSR count). The van der Waals surface area contributed by atoms with E-state index < -0.39 is 5.82 Å². The molecule has 0 radical (unpaired) electrons. The van der Waals surface area contributed by atoms with Gasteiger partial charge >= 0.3 is 0 Å². The third kappa shape index (κ3) is 4.16. The summed E-state index contributed by atoms with van der Waals surface area (Å²) in [6.07, 6.45) is 0. The molecule has 1 saturated heterocycles. The summed E-state index contributed by atoms with van der Waals surface area (Å²) >= 11 is 0. The van der Waals surface area contributed by atoms with Gasteiger partial charge in [0.05, 0.1) is 12.2 Å². The Bertz CT molecular complexity index is 542. The van der Waals surface area contributed by atoms with Crippen molar-refractivity contribution in [1.29, 1.82) is 0 Å². The second-order valence-electron chi connectivity index (χ2n) is 5.07. The molecule has 1 aliphatic heterocycles. The fourth-order valence-electron chi connectivity index (χ4n) is 2.25. The Morgan fingerprint density at radius 3 is 2.52 bits per heavy atom. The molecule has 0 unspecified atom stereocenters. The topological polar surface area (TPSA) is 78.7 Å². The molecule has 6 nitrogen and oxygen atoms in total. The largest absolute Gasteiger partial charge is 0.396 e. The molecule has 0 saturated carbocycles. The van der Waals surface area contributed by atoms with Crippen LogP contribution < -0.4 is 11.1 Å². The fraction of sp³-hybridized carbons (Fsp3) is 0.429. The average molecular weight is 294 g/mol. The van der Waals surface area contributed by atoms with Crippen LogP contribution in [0.3, 0.4) is 0 Å². The maximum absolute atomic E-state index is 13.0. The zero-order valence-corrected chi connectivity index (χ0v) is 11.9. The summed E-state index contributed by atoms with van der Waals surface area (Å²) in [6, 6.07) is 4.08. The minimum absolute atomic E-state index is 0.00266. The predicted molar refractivity (Wildman–Crippen MR) is 78.1 cm³/mol. The first-order valence-electron chi connectivity index (χ1n) is 6.78. The standard InChI is InChI=1S/C14H19FN4O2/c1-10(20)19-6-4-18(5-7-19)9-14(21)17-11-2-3-12(15)13(16)8-11/h2-3,8H,4-7,9,16H2,1H3,(H,17,21). The number of nitrogens with two attached hydrogens (primary N) is 1. The first-order valence-corrected chi connectivity index (χ1v) is 6.78. The Balaban J connectivity index is 1.82. The maximum Gasteiger partial charge on any atom is 0.238 e. The van der Waals surface area contributed by atoms with Crippen molar-refractivity contribution in [3.05, 3.63) is 24.0 Å². The van der Waals surface area contributed by atoms with Gasteiger partial charge in [0.1, 0.15) is 5.82 Å². The molecule has 21 heavy (non-hydrogen) atoms. The van der Waals surface area contributed by atoms with Gasteiger partial charge in [-0.25, -0.2) is 4.39 Å². The van der Waals surface area contributed by atoms with Gasteiger partial charge in [0, 0.05) is 38.8 Å². The number of benzene rings is 1. The summed E-state index contributed by atoms with van der Waals surface area (Å²) in [5.41, 5.74) is 5.93. The number of nitrogens with one attached hydrogen (secondary N) is 1. The van der Waals surface area contributed by atoms with Gasteiger partial charge in [0.15, 0.2) is 0 Å². The van der Waals surface area contributed by atoms with E-state index in [0.29, 0.717) is 31.9 Å². The van der Waals surface area contributed by atoms with Crippen molar-refractivity contribution in [1.82, 2.24) is 9.80 Å². The Kier molecular flexibility index (Phi) is 4.74. The molecular weight excluding hydrogens is 275 g/mol. The number of amides is 2. The van der Waals surface area contributed by atoms with Gasteiger partial charge < -0.3 is 16.0 Å². The SMILES string of the molecule is CC(=O)N1CCN(CC(=O)Nc2ccc(F)c(N)c2)CC1. The van der Waals surface area contributed by atoms with Crippen LogP contribution in [0.25, 0.3) is 0 Å². The molecule has 0 spiro atoms. The van der Waals surface area contributed by atoms with Gasteiger partial charge in [0.2, 0.25) is 11.8 Å². The molecule has 114 valence electrons. The average Bonchev–Trinajstić information content (AvgIpc) is 2.43. The number of nitrogen functional groups attached to an aromatic ring is 1. The molecule has 1 aromatic rings. The molecule has 1 aromatic carbocycles. The van der Waals surface area contributed by atoms with Crippen LogP contribution >= 0.6 is 0 Å². The number of carbonyl (C=O) groups is 2. The van der Waals surface area contributed by atoms with E-state index in [1.165, 1.54) is 18.2 Å². The smallest absolute Gasteiger partial charge is 0.238 e. The number of piperazine rings is 1. The number of anilines is 2. The van der Waals surface area contributed by atoms with Gasteiger partial charge in [-0.1, -0.05) is 0 Å². The van der Waals surface area contributed by atoms with Crippen LogP contribution in [0.15, 0.2) is 18.2 Å². The number of halogens is 1. The van der Waals surface area contributed by atoms with E-state index in [-0.39, 0.29) is 24.0 Å². The lowest BCUT2D eigenvalue weighted by Crippen LogP contribution is -2.49. The van der Waals surface area contributed by atoms with Crippen LogP contribution in [0.5, 0.6) is 0 Å². The van der Waals surface area contributed by atoms with Crippen LogP contribution in [0, 0.1) is 5.82 Å². The van der Waals surface area contributed by atoms with E-state index in [0.717, 1.165) is 0 Å². The highest BCUT2D eigenvalue weighted by Crippen LogP contribution is 2.16. The minimum Gasteiger partial charge on any atom is -0.396 e. The zero-order valence-electron chi connectivity index (χ0n) is 11.9. The monoisotopic (exact) mass is 294 g/mol. The lowest BCUT2D eigenvalue weighted by Gasteiger charge is -2.33. The molecule has 0 bridgehead atoms. The van der Waals surface area contributed by atoms with E-state index in [1.807, 2.05) is 4.90 Å². The van der Waals surface area contributed by atoms with Crippen molar-refractivity contribution in [2.45, 2.75) is 6.92 Å². The first-order chi connectivity index (χ1) is 9.95. The van der Waals surface area contributed by atoms with Gasteiger partial charge in [-0.3, -0.25) is 14.5 Å². The Morgan fingerprint density at radius 1 is 1.29 bits per heavy atom. The van der Waals surface area contributed by atoms with Crippen molar-refractivity contribution in [3.63, 3.8) is 0 Å². The van der Waals surface area contributed by atoms with E-state index in [9.17, 15) is 14.0 Å². The van der Waals surface area contributed by atoms with Gasteiger partial charge in [-0.2, -0.15) is 0 Å². The second kappa shape index (κ2) is 6.53. The van der Waals surface area contributed by atoms with Crippen LogP contribution in [0.1, 0.15) is 6.92 Å². The van der Waals surface area contributed by atoms with Crippen molar-refractivity contribution in [2.75, 3.05) is 43.8 Å². The summed E-state index contributed by atoms with van der Waals surface area (Å²) in [5, 5.41) is 2.68. The summed E-state index contributed by atoms with van der Waals surface area (Å²) in [6.45, 7) is 4.37. The predicted octanol–water partition coefficient (Wildman–Crippen LogP) is 0.510. The lowest BCUT2D eigenvalue weighted by atomic mass is 10.2. The normalized spacial score (nSPS) is 15.8. The first kappa shape index (κ1) is 15.2. The van der Waals surface area contributed by atoms with E-state index in [1.54, 1.807) is 11.8 Å². The molecule has 0 aromatic heterocycles. The molecule has 0 aliphatic carbocycles. The quantitative estimate of drug-likeness (QED) is 0.796. The molecule has 2 amide bonds. The fourth-order valence-corrected chi connectivity index (χ4v) is 2.25. The Labute approximate surface area is 122 Å². The third-order valence-corrected chi connectivity index (χ3v) is 3.46. The second-order valence-corrected chi connectivity index (χ2v) is 5.07. The highest BCUT2D eigenvalue weighted by atomic mass is 19.1. The number of carbonyl (C=O) groups excluding carboxylic acids is 2. The minimum atomic E-state index is -0.506. The molecular formula is C14H19FN4O2. The summed E-state index contributed by atoms with van der Waals surface area (Å²) in [7, 11) is 0. The van der Waals surface area contributed by atoms with E-state index in [2.05, 4.69) is 5.32 Å². The van der Waals surface area contributed by atoms with Crippen molar-refractivity contribution in [2.24, 2.45) is 0 Å². The van der Waals surface area contributed by atoms with Gasteiger partial charge in [-0.15, -0.1) is 0 Å². The number of rotatable bonds is 3.